The third-order valence-electron chi connectivity index (χ3n) is 6.54. The largest absolute Gasteiger partial charge is 0.490 e. The van der Waals surface area contributed by atoms with Gasteiger partial charge >= 0.3 is 0 Å². The fraction of sp³-hybridized carbons (Fsp3) is 0.414. The molecule has 0 aromatic heterocycles. The molecule has 1 unspecified atom stereocenters. The number of carbonyl (C=O) groups excluding carboxylic acids is 1. The zero-order chi connectivity index (χ0) is 23.6. The Labute approximate surface area is 203 Å². The van der Waals surface area contributed by atoms with Gasteiger partial charge in [-0.15, -0.1) is 0 Å². The highest BCUT2D eigenvalue weighted by Crippen LogP contribution is 2.30. The predicted molar refractivity (Wildman–Crippen MR) is 135 cm³/mol. The van der Waals surface area contributed by atoms with E-state index in [1.165, 1.54) is 19.3 Å². The minimum atomic E-state index is -0.214. The van der Waals surface area contributed by atoms with Crippen molar-refractivity contribution < 1.29 is 14.3 Å². The second-order valence-electron chi connectivity index (χ2n) is 9.06. The van der Waals surface area contributed by atoms with Crippen LogP contribution in [0.25, 0.3) is 0 Å². The molecule has 1 saturated heterocycles. The molecule has 1 aliphatic heterocycles. The molecule has 0 saturated carbocycles. The van der Waals surface area contributed by atoms with E-state index in [4.69, 9.17) is 9.47 Å². The molecular formula is C29H36N2O3. The third-order valence-corrected chi connectivity index (χ3v) is 6.54. The highest BCUT2D eigenvalue weighted by atomic mass is 16.5. The molecule has 0 radical (unpaired) electrons. The lowest BCUT2D eigenvalue weighted by Crippen LogP contribution is -2.38. The van der Waals surface area contributed by atoms with E-state index in [-0.39, 0.29) is 12.0 Å². The Kier molecular flexibility index (Phi) is 8.94. The van der Waals surface area contributed by atoms with E-state index in [0.717, 1.165) is 42.1 Å². The van der Waals surface area contributed by atoms with Gasteiger partial charge in [0.15, 0.2) is 0 Å². The Bertz CT molecular complexity index is 979. The predicted octanol–water partition coefficient (Wildman–Crippen LogP) is 4.99. The van der Waals surface area contributed by atoms with Gasteiger partial charge in [-0.2, -0.15) is 0 Å². The van der Waals surface area contributed by atoms with Crippen LogP contribution >= 0.6 is 0 Å². The quantitative estimate of drug-likeness (QED) is 0.542. The van der Waals surface area contributed by atoms with Crippen molar-refractivity contribution in [3.05, 3.63) is 94.8 Å². The number of piperidine rings is 1. The van der Waals surface area contributed by atoms with Crippen molar-refractivity contribution in [1.29, 1.82) is 0 Å². The minimum Gasteiger partial charge on any atom is -0.490 e. The normalized spacial score (nSPS) is 19.0. The summed E-state index contributed by atoms with van der Waals surface area (Å²) in [7, 11) is 0. The van der Waals surface area contributed by atoms with Crippen LogP contribution in [0.3, 0.4) is 0 Å². The number of amides is 1. The van der Waals surface area contributed by atoms with Crippen LogP contribution in [-0.2, 0) is 27.5 Å². The molecule has 4 rings (SSSR count). The molecule has 0 spiro atoms. The van der Waals surface area contributed by atoms with Crippen molar-refractivity contribution in [2.24, 2.45) is 0 Å². The first kappa shape index (κ1) is 24.2. The van der Waals surface area contributed by atoms with Crippen molar-refractivity contribution in [1.82, 2.24) is 10.2 Å². The standard InChI is InChI=1S/C29H36N2O3/c1-23-26(29(32)30-17-20-31-18-9-4-10-19-31)15-16-27(33-21-24-11-5-2-6-12-24)28(23)34-22-25-13-7-3-8-14-25/h2-3,5-8,11-15,27H,4,9-10,16-22H2,1H3,(H,30,32). The van der Waals surface area contributed by atoms with Crippen LogP contribution in [0.2, 0.25) is 0 Å². The van der Waals surface area contributed by atoms with E-state index in [9.17, 15) is 4.79 Å². The van der Waals surface area contributed by atoms with E-state index >= 15 is 0 Å². The summed E-state index contributed by atoms with van der Waals surface area (Å²) in [6, 6.07) is 20.2. The Morgan fingerprint density at radius 2 is 1.59 bits per heavy atom. The zero-order valence-corrected chi connectivity index (χ0v) is 20.2. The summed E-state index contributed by atoms with van der Waals surface area (Å²) in [4.78, 5) is 15.5. The Balaban J connectivity index is 1.41. The van der Waals surface area contributed by atoms with E-state index in [1.807, 2.05) is 61.5 Å². The van der Waals surface area contributed by atoms with E-state index in [0.29, 0.717) is 31.8 Å². The van der Waals surface area contributed by atoms with Crippen molar-refractivity contribution in [3.8, 4) is 0 Å². The zero-order valence-electron chi connectivity index (χ0n) is 20.2. The molecule has 180 valence electrons. The molecule has 1 aliphatic carbocycles. The summed E-state index contributed by atoms with van der Waals surface area (Å²) in [5.74, 6) is 0.722. The third kappa shape index (κ3) is 6.81. The summed E-state index contributed by atoms with van der Waals surface area (Å²) < 4.78 is 12.6. The van der Waals surface area contributed by atoms with Crippen LogP contribution in [-0.4, -0.2) is 43.1 Å². The molecule has 2 aromatic rings. The van der Waals surface area contributed by atoms with Crippen molar-refractivity contribution in [2.45, 2.75) is 51.9 Å². The molecular weight excluding hydrogens is 424 g/mol. The summed E-state index contributed by atoms with van der Waals surface area (Å²) in [6.07, 6.45) is 6.23. The van der Waals surface area contributed by atoms with Crippen molar-refractivity contribution in [3.63, 3.8) is 0 Å². The van der Waals surface area contributed by atoms with Gasteiger partial charge < -0.3 is 19.7 Å². The molecule has 2 aliphatic rings. The summed E-state index contributed by atoms with van der Waals surface area (Å²) in [5.41, 5.74) is 3.76. The maximum atomic E-state index is 13.0. The van der Waals surface area contributed by atoms with Gasteiger partial charge in [0.1, 0.15) is 18.5 Å². The Morgan fingerprint density at radius 1 is 0.941 bits per heavy atom. The fourth-order valence-electron chi connectivity index (χ4n) is 4.58. The van der Waals surface area contributed by atoms with Crippen molar-refractivity contribution in [2.75, 3.05) is 26.2 Å². The molecule has 1 atom stereocenters. The number of ether oxygens (including phenoxy) is 2. The number of hydrogen-bond donors (Lipinski definition) is 1. The van der Waals surface area contributed by atoms with Gasteiger partial charge in [-0.1, -0.05) is 73.2 Å². The van der Waals surface area contributed by atoms with Crippen LogP contribution in [0.15, 0.2) is 83.6 Å². The van der Waals surface area contributed by atoms with Crippen LogP contribution in [0.1, 0.15) is 43.7 Å². The average Bonchev–Trinajstić information content (AvgIpc) is 2.88. The van der Waals surface area contributed by atoms with Gasteiger partial charge in [0.25, 0.3) is 5.91 Å². The summed E-state index contributed by atoms with van der Waals surface area (Å²) in [5, 5.41) is 3.12. The lowest BCUT2D eigenvalue weighted by atomic mass is 9.94. The van der Waals surface area contributed by atoms with Gasteiger partial charge in [0.2, 0.25) is 0 Å². The number of nitrogens with one attached hydrogen (secondary N) is 1. The first-order valence-electron chi connectivity index (χ1n) is 12.4. The van der Waals surface area contributed by atoms with Gasteiger partial charge in [-0.05, 0) is 50.4 Å². The van der Waals surface area contributed by atoms with Crippen LogP contribution in [0.4, 0.5) is 0 Å². The Morgan fingerprint density at radius 3 is 2.26 bits per heavy atom. The molecule has 1 fully saturated rings. The highest BCUT2D eigenvalue weighted by Gasteiger charge is 2.28. The van der Waals surface area contributed by atoms with Gasteiger partial charge in [-0.25, -0.2) is 0 Å². The van der Waals surface area contributed by atoms with Crippen LogP contribution in [0, 0.1) is 0 Å². The summed E-state index contributed by atoms with van der Waals surface area (Å²) in [6.45, 7) is 6.75. The topological polar surface area (TPSA) is 50.8 Å². The maximum Gasteiger partial charge on any atom is 0.251 e. The van der Waals surface area contributed by atoms with E-state index in [1.54, 1.807) is 0 Å². The first-order valence-corrected chi connectivity index (χ1v) is 12.4. The number of carbonyl (C=O) groups is 1. The number of rotatable bonds is 10. The average molecular weight is 461 g/mol. The smallest absolute Gasteiger partial charge is 0.251 e. The van der Waals surface area contributed by atoms with Gasteiger partial charge in [-0.3, -0.25) is 4.79 Å². The number of likely N-dealkylation sites (tertiary alicyclic amines) is 1. The van der Waals surface area contributed by atoms with E-state index < -0.39 is 0 Å². The highest BCUT2D eigenvalue weighted by molar-refractivity contribution is 5.98. The summed E-state index contributed by atoms with van der Waals surface area (Å²) >= 11 is 0. The van der Waals surface area contributed by atoms with E-state index in [2.05, 4.69) is 22.3 Å². The molecule has 5 nitrogen and oxygen atoms in total. The molecule has 34 heavy (non-hydrogen) atoms. The maximum absolute atomic E-state index is 13.0. The molecule has 1 N–H and O–H groups in total. The van der Waals surface area contributed by atoms with Crippen LogP contribution < -0.4 is 5.32 Å². The molecule has 2 aromatic carbocycles. The van der Waals surface area contributed by atoms with Crippen LogP contribution in [0.5, 0.6) is 0 Å². The molecule has 0 bridgehead atoms. The number of nitrogens with zero attached hydrogens (tertiary/aromatic N) is 1. The second kappa shape index (κ2) is 12.5. The monoisotopic (exact) mass is 460 g/mol. The first-order chi connectivity index (χ1) is 16.7. The Hall–Kier alpha value is -2.89. The van der Waals surface area contributed by atoms with Gasteiger partial charge in [0.05, 0.1) is 6.61 Å². The molecule has 5 heteroatoms. The van der Waals surface area contributed by atoms with Crippen molar-refractivity contribution >= 4 is 5.91 Å². The minimum absolute atomic E-state index is 0.0307. The number of benzene rings is 2. The van der Waals surface area contributed by atoms with Gasteiger partial charge in [0, 0.05) is 24.2 Å². The lowest BCUT2D eigenvalue weighted by Gasteiger charge is -2.28. The molecule has 1 amide bonds. The second-order valence-corrected chi connectivity index (χ2v) is 9.06. The molecule has 1 heterocycles. The SMILES string of the molecule is CC1=C(OCc2ccccc2)C(OCc2ccccc2)CC=C1C(=O)NCCN1CCCCC1. The lowest BCUT2D eigenvalue weighted by molar-refractivity contribution is -0.117. The number of hydrogen-bond acceptors (Lipinski definition) is 4. The fourth-order valence-corrected chi connectivity index (χ4v) is 4.58.